The highest BCUT2D eigenvalue weighted by atomic mass is 16.5. The summed E-state index contributed by atoms with van der Waals surface area (Å²) < 4.78 is 8.40. The van der Waals surface area contributed by atoms with Gasteiger partial charge in [0, 0.05) is 11.9 Å². The molecule has 0 aromatic carbocycles. The number of H-pyrrole nitrogens is 1. The fourth-order valence-electron chi connectivity index (χ4n) is 2.41. The minimum atomic E-state index is -0.202. The lowest BCUT2D eigenvalue weighted by molar-refractivity contribution is 0.0499. The number of nitrogens with one attached hydrogen (secondary N) is 1. The lowest BCUT2D eigenvalue weighted by Gasteiger charge is -2.03. The molecule has 3 rings (SSSR count). The van der Waals surface area contributed by atoms with Crippen LogP contribution in [-0.4, -0.2) is 42.2 Å². The van der Waals surface area contributed by atoms with Gasteiger partial charge in [-0.15, -0.1) is 0 Å². The summed E-state index contributed by atoms with van der Waals surface area (Å²) in [6.07, 6.45) is 4.15. The highest BCUT2D eigenvalue weighted by molar-refractivity contribution is 5.71. The summed E-state index contributed by atoms with van der Waals surface area (Å²) in [5.74, 6) is 0.981. The SMILES string of the molecule is CC(C)Cc1cn2c(=O)c3ncn(COCCO)c3nc2[nH]1. The summed E-state index contributed by atoms with van der Waals surface area (Å²) in [5, 5.41) is 8.74. The maximum absolute atomic E-state index is 12.5. The number of aliphatic hydroxyl groups is 1. The van der Waals surface area contributed by atoms with Crippen LogP contribution >= 0.6 is 0 Å². The van der Waals surface area contributed by atoms with Gasteiger partial charge in [-0.25, -0.2) is 9.38 Å². The van der Waals surface area contributed by atoms with Gasteiger partial charge in [0.05, 0.1) is 19.5 Å². The number of imidazole rings is 2. The molecule has 0 saturated heterocycles. The first-order valence-electron chi connectivity index (χ1n) is 7.24. The third-order valence-corrected chi connectivity index (χ3v) is 3.32. The molecule has 22 heavy (non-hydrogen) atoms. The molecule has 0 saturated carbocycles. The molecular formula is C14H19N5O3. The monoisotopic (exact) mass is 305 g/mol. The molecule has 0 atom stereocenters. The molecule has 0 amide bonds. The van der Waals surface area contributed by atoms with Crippen LogP contribution in [0.15, 0.2) is 17.3 Å². The molecule has 3 heterocycles. The highest BCUT2D eigenvalue weighted by Crippen LogP contribution is 2.11. The summed E-state index contributed by atoms with van der Waals surface area (Å²) in [6.45, 7) is 4.60. The summed E-state index contributed by atoms with van der Waals surface area (Å²) in [4.78, 5) is 24.2. The fraction of sp³-hybridized carbons (Fsp3) is 0.500. The first-order valence-corrected chi connectivity index (χ1v) is 7.24. The van der Waals surface area contributed by atoms with Crippen molar-refractivity contribution in [1.82, 2.24) is 23.9 Å². The zero-order valence-electron chi connectivity index (χ0n) is 12.6. The number of aliphatic hydroxyl groups excluding tert-OH is 1. The molecule has 8 heteroatoms. The molecule has 0 bridgehead atoms. The summed E-state index contributed by atoms with van der Waals surface area (Å²) >= 11 is 0. The molecule has 0 unspecified atom stereocenters. The normalized spacial score (nSPS) is 12.0. The smallest absolute Gasteiger partial charge is 0.287 e. The van der Waals surface area contributed by atoms with Crippen molar-refractivity contribution in [2.45, 2.75) is 27.0 Å². The third kappa shape index (κ3) is 2.62. The Labute approximate surface area is 126 Å². The van der Waals surface area contributed by atoms with Gasteiger partial charge in [0.25, 0.3) is 5.56 Å². The van der Waals surface area contributed by atoms with Gasteiger partial charge in [0.2, 0.25) is 5.78 Å². The average Bonchev–Trinajstić information content (AvgIpc) is 3.03. The number of rotatable bonds is 6. The minimum Gasteiger partial charge on any atom is -0.394 e. The average molecular weight is 305 g/mol. The van der Waals surface area contributed by atoms with Gasteiger partial charge in [-0.05, 0) is 12.3 Å². The lowest BCUT2D eigenvalue weighted by Crippen LogP contribution is -2.14. The van der Waals surface area contributed by atoms with Crippen LogP contribution in [0.1, 0.15) is 19.5 Å². The van der Waals surface area contributed by atoms with Gasteiger partial charge in [0.1, 0.15) is 6.73 Å². The van der Waals surface area contributed by atoms with Crippen LogP contribution in [0, 0.1) is 5.92 Å². The molecule has 3 aromatic heterocycles. The van der Waals surface area contributed by atoms with Crippen molar-refractivity contribution in [3.63, 3.8) is 0 Å². The second kappa shape index (κ2) is 5.90. The molecule has 0 radical (unpaired) electrons. The van der Waals surface area contributed by atoms with Crippen molar-refractivity contribution in [3.8, 4) is 0 Å². The maximum atomic E-state index is 12.5. The van der Waals surface area contributed by atoms with Crippen LogP contribution in [0.2, 0.25) is 0 Å². The Bertz CT molecular complexity index is 845. The predicted molar refractivity (Wildman–Crippen MR) is 80.7 cm³/mol. The van der Waals surface area contributed by atoms with E-state index in [4.69, 9.17) is 9.84 Å². The number of hydrogen-bond acceptors (Lipinski definition) is 5. The van der Waals surface area contributed by atoms with Crippen molar-refractivity contribution >= 4 is 16.9 Å². The Kier molecular flexibility index (Phi) is 3.95. The Morgan fingerprint density at radius 1 is 1.45 bits per heavy atom. The summed E-state index contributed by atoms with van der Waals surface area (Å²) in [5.41, 5.74) is 1.54. The van der Waals surface area contributed by atoms with Crippen LogP contribution in [0.5, 0.6) is 0 Å². The quantitative estimate of drug-likeness (QED) is 0.648. The standard InChI is InChI=1S/C14H19N5O3/c1-9(2)5-10-6-19-13(21)11-12(17-14(19)16-10)18(7-15-11)8-22-4-3-20/h6-7,9,20H,3-5,8H2,1-2H3,(H,16,17). The maximum Gasteiger partial charge on any atom is 0.287 e. The first kappa shape index (κ1) is 14.7. The van der Waals surface area contributed by atoms with E-state index in [2.05, 4.69) is 28.8 Å². The molecule has 8 nitrogen and oxygen atoms in total. The van der Waals surface area contributed by atoms with E-state index >= 15 is 0 Å². The molecule has 0 spiro atoms. The van der Waals surface area contributed by atoms with E-state index < -0.39 is 0 Å². The van der Waals surface area contributed by atoms with E-state index in [0.717, 1.165) is 12.1 Å². The van der Waals surface area contributed by atoms with E-state index in [9.17, 15) is 4.79 Å². The second-order valence-electron chi connectivity index (χ2n) is 5.64. The lowest BCUT2D eigenvalue weighted by atomic mass is 10.1. The zero-order chi connectivity index (χ0) is 15.7. The van der Waals surface area contributed by atoms with Crippen LogP contribution in [0.25, 0.3) is 16.9 Å². The van der Waals surface area contributed by atoms with Crippen molar-refractivity contribution in [2.24, 2.45) is 5.92 Å². The number of nitrogens with zero attached hydrogens (tertiary/aromatic N) is 4. The van der Waals surface area contributed by atoms with Gasteiger partial charge >= 0.3 is 0 Å². The molecule has 3 aromatic rings. The number of fused-ring (bicyclic) bond motifs is 2. The van der Waals surface area contributed by atoms with Crippen LogP contribution in [0.4, 0.5) is 0 Å². The highest BCUT2D eigenvalue weighted by Gasteiger charge is 2.13. The van der Waals surface area contributed by atoms with Crippen LogP contribution in [0.3, 0.4) is 0 Å². The molecule has 118 valence electrons. The minimum absolute atomic E-state index is 0.0534. The third-order valence-electron chi connectivity index (χ3n) is 3.32. The van der Waals surface area contributed by atoms with Crippen molar-refractivity contribution < 1.29 is 9.84 Å². The van der Waals surface area contributed by atoms with Crippen molar-refractivity contribution in [3.05, 3.63) is 28.6 Å². The number of aromatic nitrogens is 5. The van der Waals surface area contributed by atoms with Crippen molar-refractivity contribution in [2.75, 3.05) is 13.2 Å². The molecule has 0 fully saturated rings. The van der Waals surface area contributed by atoms with E-state index in [-0.39, 0.29) is 25.5 Å². The van der Waals surface area contributed by atoms with E-state index in [0.29, 0.717) is 22.9 Å². The van der Waals surface area contributed by atoms with Gasteiger partial charge in [-0.2, -0.15) is 4.98 Å². The van der Waals surface area contributed by atoms with Gasteiger partial charge < -0.3 is 14.8 Å². The Morgan fingerprint density at radius 3 is 3.00 bits per heavy atom. The van der Waals surface area contributed by atoms with Crippen LogP contribution < -0.4 is 5.56 Å². The molecule has 0 aliphatic rings. The van der Waals surface area contributed by atoms with E-state index in [1.165, 1.54) is 10.7 Å². The summed E-state index contributed by atoms with van der Waals surface area (Å²) in [7, 11) is 0. The molecule has 2 N–H and O–H groups in total. The Hall–Kier alpha value is -2.19. The predicted octanol–water partition coefficient (Wildman–Crippen LogP) is 0.537. The topological polar surface area (TPSA) is 97.4 Å². The summed E-state index contributed by atoms with van der Waals surface area (Å²) in [6, 6.07) is 0. The van der Waals surface area contributed by atoms with Gasteiger partial charge in [-0.1, -0.05) is 13.8 Å². The van der Waals surface area contributed by atoms with E-state index in [1.807, 2.05) is 0 Å². The molecule has 0 aliphatic carbocycles. The zero-order valence-corrected chi connectivity index (χ0v) is 12.6. The van der Waals surface area contributed by atoms with E-state index in [1.54, 1.807) is 10.8 Å². The molecular weight excluding hydrogens is 286 g/mol. The number of ether oxygens (including phenoxy) is 1. The molecule has 0 aliphatic heterocycles. The first-order chi connectivity index (χ1) is 10.6. The second-order valence-corrected chi connectivity index (χ2v) is 5.64. The van der Waals surface area contributed by atoms with Crippen LogP contribution in [-0.2, 0) is 17.9 Å². The fourth-order valence-corrected chi connectivity index (χ4v) is 2.41. The Morgan fingerprint density at radius 2 is 2.27 bits per heavy atom. The Balaban J connectivity index is 2.05. The van der Waals surface area contributed by atoms with Crippen molar-refractivity contribution in [1.29, 1.82) is 0 Å². The largest absolute Gasteiger partial charge is 0.394 e. The van der Waals surface area contributed by atoms with Gasteiger partial charge in [0.15, 0.2) is 11.2 Å². The number of aromatic amines is 1. The number of hydrogen-bond donors (Lipinski definition) is 2. The van der Waals surface area contributed by atoms with Gasteiger partial charge in [-0.3, -0.25) is 9.36 Å².